The van der Waals surface area contributed by atoms with Crippen molar-refractivity contribution < 1.29 is 4.74 Å². The molecule has 100 valence electrons. The lowest BCUT2D eigenvalue weighted by Gasteiger charge is -2.10. The summed E-state index contributed by atoms with van der Waals surface area (Å²) in [5.41, 5.74) is 7.56. The molecule has 20 heavy (non-hydrogen) atoms. The number of fused-ring (bicyclic) bond motifs is 1. The van der Waals surface area contributed by atoms with Gasteiger partial charge in [0.1, 0.15) is 5.75 Å². The first-order valence-electron chi connectivity index (χ1n) is 6.22. The summed E-state index contributed by atoms with van der Waals surface area (Å²) >= 11 is 3.54. The third kappa shape index (κ3) is 2.34. The molecular formula is C16H13BrN2O. The van der Waals surface area contributed by atoms with Crippen LogP contribution in [0.3, 0.4) is 0 Å². The predicted octanol–water partition coefficient (Wildman–Crippen LogP) is 4.68. The maximum Gasteiger partial charge on any atom is 0.227 e. The lowest BCUT2D eigenvalue weighted by atomic mass is 10.1. The van der Waals surface area contributed by atoms with Crippen molar-refractivity contribution in [1.82, 2.24) is 4.98 Å². The Kier molecular flexibility index (Phi) is 3.32. The normalized spacial score (nSPS) is 10.7. The summed E-state index contributed by atoms with van der Waals surface area (Å²) in [5, 5.41) is 2.04. The number of halogens is 1. The smallest absolute Gasteiger partial charge is 0.227 e. The molecule has 0 aliphatic heterocycles. The van der Waals surface area contributed by atoms with Gasteiger partial charge in [0.15, 0.2) is 0 Å². The van der Waals surface area contributed by atoms with Gasteiger partial charge in [-0.25, -0.2) is 4.98 Å². The molecule has 0 amide bonds. The van der Waals surface area contributed by atoms with Crippen LogP contribution >= 0.6 is 15.9 Å². The van der Waals surface area contributed by atoms with Crippen LogP contribution in [0, 0.1) is 6.92 Å². The summed E-state index contributed by atoms with van der Waals surface area (Å²) in [6, 6.07) is 13.5. The molecule has 0 bridgehead atoms. The zero-order chi connectivity index (χ0) is 14.1. The molecular weight excluding hydrogens is 316 g/mol. The molecule has 0 spiro atoms. The van der Waals surface area contributed by atoms with Crippen molar-refractivity contribution in [1.29, 1.82) is 0 Å². The van der Waals surface area contributed by atoms with Crippen LogP contribution in [-0.2, 0) is 0 Å². The highest BCUT2D eigenvalue weighted by Gasteiger charge is 2.07. The van der Waals surface area contributed by atoms with Gasteiger partial charge in [-0.05, 0) is 48.9 Å². The van der Waals surface area contributed by atoms with Crippen molar-refractivity contribution in [2.75, 3.05) is 5.73 Å². The molecule has 0 fully saturated rings. The Bertz CT molecular complexity index is 787. The van der Waals surface area contributed by atoms with E-state index in [1.54, 1.807) is 6.20 Å². The number of nitrogens with zero attached hydrogens (tertiary/aromatic N) is 1. The van der Waals surface area contributed by atoms with E-state index in [2.05, 4.69) is 20.9 Å². The van der Waals surface area contributed by atoms with Crippen molar-refractivity contribution in [3.8, 4) is 11.6 Å². The lowest BCUT2D eigenvalue weighted by Crippen LogP contribution is -1.93. The van der Waals surface area contributed by atoms with Gasteiger partial charge in [-0.15, -0.1) is 0 Å². The van der Waals surface area contributed by atoms with Crippen molar-refractivity contribution in [2.45, 2.75) is 6.92 Å². The number of pyridine rings is 1. The first kappa shape index (κ1) is 12.9. The number of aryl methyl sites for hydroxylation is 1. The second-order valence-electron chi connectivity index (χ2n) is 4.57. The molecule has 3 nitrogen and oxygen atoms in total. The van der Waals surface area contributed by atoms with E-state index in [9.17, 15) is 0 Å². The minimum Gasteiger partial charge on any atom is -0.438 e. The van der Waals surface area contributed by atoms with Crippen molar-refractivity contribution in [3.63, 3.8) is 0 Å². The topological polar surface area (TPSA) is 48.1 Å². The van der Waals surface area contributed by atoms with Gasteiger partial charge in [0.25, 0.3) is 0 Å². The monoisotopic (exact) mass is 328 g/mol. The number of aromatic nitrogens is 1. The number of benzene rings is 2. The van der Waals surface area contributed by atoms with E-state index in [1.807, 2.05) is 49.4 Å². The van der Waals surface area contributed by atoms with E-state index in [0.29, 0.717) is 5.88 Å². The molecule has 4 heteroatoms. The molecule has 0 saturated carbocycles. The molecule has 3 aromatic rings. The van der Waals surface area contributed by atoms with E-state index >= 15 is 0 Å². The minimum absolute atomic E-state index is 0.591. The molecule has 2 N–H and O–H groups in total. The number of hydrogen-bond donors (Lipinski definition) is 1. The highest BCUT2D eigenvalue weighted by atomic mass is 79.9. The second-order valence-corrected chi connectivity index (χ2v) is 5.43. The lowest BCUT2D eigenvalue weighted by molar-refractivity contribution is 0.469. The quantitative estimate of drug-likeness (QED) is 0.695. The van der Waals surface area contributed by atoms with Crippen molar-refractivity contribution in [3.05, 3.63) is 58.7 Å². The van der Waals surface area contributed by atoms with Gasteiger partial charge in [0, 0.05) is 27.1 Å². The first-order valence-corrected chi connectivity index (χ1v) is 7.01. The molecule has 0 radical (unpaired) electrons. The summed E-state index contributed by atoms with van der Waals surface area (Å²) in [4.78, 5) is 4.32. The Balaban J connectivity index is 2.06. The van der Waals surface area contributed by atoms with E-state index < -0.39 is 0 Å². The standard InChI is InChI=1S/C16H13BrN2O/c1-10-9-11(5-6-15(10)18)20-16-13-3-2-4-14(17)12(13)7-8-19-16/h2-9H,18H2,1H3. The third-order valence-electron chi connectivity index (χ3n) is 3.17. The van der Waals surface area contributed by atoms with Gasteiger partial charge in [-0.1, -0.05) is 22.0 Å². The van der Waals surface area contributed by atoms with E-state index in [-0.39, 0.29) is 0 Å². The number of hydrogen-bond acceptors (Lipinski definition) is 3. The van der Waals surface area contributed by atoms with Gasteiger partial charge in [-0.2, -0.15) is 0 Å². The Hall–Kier alpha value is -2.07. The zero-order valence-corrected chi connectivity index (χ0v) is 12.5. The SMILES string of the molecule is Cc1cc(Oc2nccc3c(Br)cccc23)ccc1N. The molecule has 2 aromatic carbocycles. The number of nitrogens with two attached hydrogens (primary N) is 1. The fraction of sp³-hybridized carbons (Fsp3) is 0.0625. The maximum atomic E-state index is 5.89. The second kappa shape index (κ2) is 5.13. The van der Waals surface area contributed by atoms with Crippen molar-refractivity contribution in [2.24, 2.45) is 0 Å². The predicted molar refractivity (Wildman–Crippen MR) is 85.1 cm³/mol. The van der Waals surface area contributed by atoms with Gasteiger partial charge in [0.2, 0.25) is 5.88 Å². The van der Waals surface area contributed by atoms with E-state index in [0.717, 1.165) is 32.2 Å². The molecule has 3 rings (SSSR count). The number of ether oxygens (including phenoxy) is 1. The minimum atomic E-state index is 0.591. The van der Waals surface area contributed by atoms with E-state index in [1.165, 1.54) is 0 Å². The highest BCUT2D eigenvalue weighted by Crippen LogP contribution is 2.32. The summed E-state index contributed by atoms with van der Waals surface area (Å²) in [6.07, 6.45) is 1.74. The number of nitrogen functional groups attached to an aromatic ring is 1. The van der Waals surface area contributed by atoms with Crippen LogP contribution in [0.1, 0.15) is 5.56 Å². The average molecular weight is 329 g/mol. The third-order valence-corrected chi connectivity index (χ3v) is 3.86. The number of rotatable bonds is 2. The van der Waals surface area contributed by atoms with E-state index in [4.69, 9.17) is 10.5 Å². The Morgan fingerprint density at radius 3 is 2.75 bits per heavy atom. The summed E-state index contributed by atoms with van der Waals surface area (Å²) < 4.78 is 6.92. The van der Waals surface area contributed by atoms with Crippen LogP contribution < -0.4 is 10.5 Å². The summed E-state index contributed by atoms with van der Waals surface area (Å²) in [7, 11) is 0. The van der Waals surface area contributed by atoms with Crippen LogP contribution in [-0.4, -0.2) is 4.98 Å². The Morgan fingerprint density at radius 2 is 1.95 bits per heavy atom. The molecule has 1 heterocycles. The Morgan fingerprint density at radius 1 is 1.10 bits per heavy atom. The maximum absolute atomic E-state index is 5.89. The fourth-order valence-electron chi connectivity index (χ4n) is 2.05. The van der Waals surface area contributed by atoms with Gasteiger partial charge in [0.05, 0.1) is 0 Å². The molecule has 0 aliphatic carbocycles. The van der Waals surface area contributed by atoms with Crippen molar-refractivity contribution >= 4 is 32.4 Å². The largest absolute Gasteiger partial charge is 0.438 e. The highest BCUT2D eigenvalue weighted by molar-refractivity contribution is 9.10. The number of anilines is 1. The fourth-order valence-corrected chi connectivity index (χ4v) is 2.54. The van der Waals surface area contributed by atoms with Crippen LogP contribution in [0.4, 0.5) is 5.69 Å². The molecule has 0 saturated heterocycles. The zero-order valence-electron chi connectivity index (χ0n) is 10.9. The Labute approximate surface area is 125 Å². The molecule has 0 atom stereocenters. The van der Waals surface area contributed by atoms with Gasteiger partial charge in [-0.3, -0.25) is 0 Å². The first-order chi connectivity index (χ1) is 9.65. The molecule has 0 aliphatic rings. The summed E-state index contributed by atoms with van der Waals surface area (Å²) in [5.74, 6) is 1.32. The van der Waals surface area contributed by atoms with Crippen LogP contribution in [0.25, 0.3) is 10.8 Å². The van der Waals surface area contributed by atoms with Crippen LogP contribution in [0.15, 0.2) is 53.1 Å². The van der Waals surface area contributed by atoms with Crippen LogP contribution in [0.2, 0.25) is 0 Å². The van der Waals surface area contributed by atoms with Gasteiger partial charge >= 0.3 is 0 Å². The van der Waals surface area contributed by atoms with Gasteiger partial charge < -0.3 is 10.5 Å². The average Bonchev–Trinajstić information content (AvgIpc) is 2.44. The molecule has 1 aromatic heterocycles. The summed E-state index contributed by atoms with van der Waals surface area (Å²) in [6.45, 7) is 1.95. The molecule has 0 unspecified atom stereocenters. The van der Waals surface area contributed by atoms with Crippen LogP contribution in [0.5, 0.6) is 11.6 Å².